The van der Waals surface area contributed by atoms with Crippen LogP contribution in [0.15, 0.2) is 48.0 Å². The fraction of sp³-hybridized carbons (Fsp3) is 0.250. The number of hydrogen-bond acceptors (Lipinski definition) is 5. The second kappa shape index (κ2) is 5.33. The number of para-hydroxylation sites is 1. The molecule has 2 aromatic heterocycles. The van der Waals surface area contributed by atoms with Crippen LogP contribution in [0, 0.1) is 0 Å². The molecular formula is C16H16N4S. The average molecular weight is 296 g/mol. The van der Waals surface area contributed by atoms with E-state index in [1.54, 1.807) is 11.3 Å². The molecule has 0 unspecified atom stereocenters. The lowest BCUT2D eigenvalue weighted by molar-refractivity contribution is 0.647. The van der Waals surface area contributed by atoms with E-state index >= 15 is 0 Å². The van der Waals surface area contributed by atoms with Crippen LogP contribution in [-0.2, 0) is 0 Å². The maximum absolute atomic E-state index is 4.78. The molecule has 0 saturated carbocycles. The molecule has 0 radical (unpaired) electrons. The van der Waals surface area contributed by atoms with E-state index in [-0.39, 0.29) is 0 Å². The third-order valence-electron chi connectivity index (χ3n) is 3.88. The molecule has 5 heteroatoms. The third-order valence-corrected chi connectivity index (χ3v) is 4.71. The van der Waals surface area contributed by atoms with Crippen molar-refractivity contribution in [2.24, 2.45) is 0 Å². The Kier molecular flexibility index (Phi) is 3.20. The van der Waals surface area contributed by atoms with Crippen molar-refractivity contribution in [1.29, 1.82) is 0 Å². The van der Waals surface area contributed by atoms with Crippen LogP contribution in [0.1, 0.15) is 0 Å². The Morgan fingerprint density at radius 3 is 2.52 bits per heavy atom. The molecule has 0 N–H and O–H groups in total. The van der Waals surface area contributed by atoms with Crippen LogP contribution in [0.4, 0.5) is 10.9 Å². The molecule has 0 spiro atoms. The first kappa shape index (κ1) is 12.6. The van der Waals surface area contributed by atoms with Gasteiger partial charge in [-0.1, -0.05) is 18.2 Å². The van der Waals surface area contributed by atoms with Crippen molar-refractivity contribution in [2.75, 3.05) is 36.0 Å². The molecule has 3 heterocycles. The molecule has 1 saturated heterocycles. The summed E-state index contributed by atoms with van der Waals surface area (Å²) in [6.07, 6.45) is 1.87. The third kappa shape index (κ3) is 2.45. The zero-order valence-electron chi connectivity index (χ0n) is 11.6. The Hall–Kier alpha value is -2.14. The second-order valence-electron chi connectivity index (χ2n) is 5.15. The first-order chi connectivity index (χ1) is 10.4. The number of rotatable bonds is 2. The van der Waals surface area contributed by atoms with Crippen molar-refractivity contribution < 1.29 is 0 Å². The summed E-state index contributed by atoms with van der Waals surface area (Å²) in [5.41, 5.74) is 1.07. The van der Waals surface area contributed by atoms with E-state index in [1.165, 1.54) is 5.39 Å². The Morgan fingerprint density at radius 1 is 0.905 bits per heavy atom. The largest absolute Gasteiger partial charge is 0.353 e. The lowest BCUT2D eigenvalue weighted by Crippen LogP contribution is -2.46. The predicted molar refractivity (Wildman–Crippen MR) is 88.3 cm³/mol. The van der Waals surface area contributed by atoms with Gasteiger partial charge < -0.3 is 9.80 Å². The van der Waals surface area contributed by atoms with Crippen LogP contribution in [0.2, 0.25) is 0 Å². The lowest BCUT2D eigenvalue weighted by Gasteiger charge is -2.35. The fourth-order valence-corrected chi connectivity index (χ4v) is 3.43. The molecule has 0 bridgehead atoms. The monoisotopic (exact) mass is 296 g/mol. The summed E-state index contributed by atoms with van der Waals surface area (Å²) >= 11 is 1.71. The number of thiazole rings is 1. The molecule has 1 aliphatic rings. The van der Waals surface area contributed by atoms with E-state index in [2.05, 4.69) is 45.1 Å². The van der Waals surface area contributed by atoms with Gasteiger partial charge in [0.25, 0.3) is 0 Å². The minimum absolute atomic E-state index is 0.991. The Bertz CT molecular complexity index is 733. The summed E-state index contributed by atoms with van der Waals surface area (Å²) in [5.74, 6) is 1.08. The average Bonchev–Trinajstić information content (AvgIpc) is 3.09. The zero-order chi connectivity index (χ0) is 14.1. The number of fused-ring (bicyclic) bond motifs is 1. The van der Waals surface area contributed by atoms with Crippen LogP contribution >= 0.6 is 11.3 Å². The number of aromatic nitrogens is 2. The molecular weight excluding hydrogens is 280 g/mol. The first-order valence-electron chi connectivity index (χ1n) is 7.15. The lowest BCUT2D eigenvalue weighted by atomic mass is 10.2. The highest BCUT2D eigenvalue weighted by Gasteiger charge is 2.19. The van der Waals surface area contributed by atoms with Gasteiger partial charge in [-0.05, 0) is 18.2 Å². The number of nitrogens with zero attached hydrogens (tertiary/aromatic N) is 4. The molecule has 0 atom stereocenters. The van der Waals surface area contributed by atoms with Crippen LogP contribution in [0.3, 0.4) is 0 Å². The van der Waals surface area contributed by atoms with E-state index in [1.807, 2.05) is 17.6 Å². The zero-order valence-corrected chi connectivity index (χ0v) is 12.5. The number of anilines is 2. The van der Waals surface area contributed by atoms with Gasteiger partial charge in [-0.15, -0.1) is 11.3 Å². The topological polar surface area (TPSA) is 32.3 Å². The maximum atomic E-state index is 4.78. The Morgan fingerprint density at radius 2 is 1.71 bits per heavy atom. The molecule has 4 rings (SSSR count). The highest BCUT2D eigenvalue weighted by atomic mass is 32.1. The molecule has 0 amide bonds. The van der Waals surface area contributed by atoms with E-state index in [9.17, 15) is 0 Å². The van der Waals surface area contributed by atoms with Crippen LogP contribution in [0.5, 0.6) is 0 Å². The van der Waals surface area contributed by atoms with Gasteiger partial charge in [-0.3, -0.25) is 0 Å². The number of piperazine rings is 1. The summed E-state index contributed by atoms with van der Waals surface area (Å²) in [6.45, 7) is 3.99. The van der Waals surface area contributed by atoms with Gasteiger partial charge in [-0.2, -0.15) is 0 Å². The number of benzene rings is 1. The van der Waals surface area contributed by atoms with Crippen LogP contribution in [0.25, 0.3) is 10.9 Å². The summed E-state index contributed by atoms with van der Waals surface area (Å²) < 4.78 is 0. The van der Waals surface area contributed by atoms with Gasteiger partial charge in [0.2, 0.25) is 0 Å². The van der Waals surface area contributed by atoms with Crippen LogP contribution in [-0.4, -0.2) is 36.1 Å². The fourth-order valence-electron chi connectivity index (χ4n) is 2.73. The summed E-state index contributed by atoms with van der Waals surface area (Å²) in [7, 11) is 0. The minimum Gasteiger partial charge on any atom is -0.353 e. The Balaban J connectivity index is 1.52. The normalized spacial score (nSPS) is 15.6. The van der Waals surface area contributed by atoms with Gasteiger partial charge in [-0.25, -0.2) is 9.97 Å². The number of pyridine rings is 1. The van der Waals surface area contributed by atoms with E-state index in [4.69, 9.17) is 4.98 Å². The van der Waals surface area contributed by atoms with Crippen molar-refractivity contribution in [3.63, 3.8) is 0 Å². The summed E-state index contributed by atoms with van der Waals surface area (Å²) in [5, 5.41) is 4.36. The van der Waals surface area contributed by atoms with Gasteiger partial charge >= 0.3 is 0 Å². The quantitative estimate of drug-likeness (QED) is 0.727. The highest BCUT2D eigenvalue weighted by Crippen LogP contribution is 2.22. The van der Waals surface area contributed by atoms with E-state index < -0.39 is 0 Å². The van der Waals surface area contributed by atoms with Gasteiger partial charge in [0.05, 0.1) is 5.52 Å². The first-order valence-corrected chi connectivity index (χ1v) is 8.03. The summed E-state index contributed by atoms with van der Waals surface area (Å²) in [6, 6.07) is 12.6. The van der Waals surface area contributed by atoms with Crippen molar-refractivity contribution in [3.05, 3.63) is 48.0 Å². The molecule has 0 aliphatic carbocycles. The second-order valence-corrected chi connectivity index (χ2v) is 6.02. The molecule has 1 fully saturated rings. The standard InChI is InChI=1S/C16H16N4S/c1-2-4-14-13(3-1)5-6-15(18-14)19-8-10-20(11-9-19)16-17-7-12-21-16/h1-7,12H,8-11H2. The summed E-state index contributed by atoms with van der Waals surface area (Å²) in [4.78, 5) is 13.9. The van der Waals surface area contributed by atoms with Crippen LogP contribution < -0.4 is 9.80 Å². The highest BCUT2D eigenvalue weighted by molar-refractivity contribution is 7.13. The predicted octanol–water partition coefficient (Wildman–Crippen LogP) is 3.02. The van der Waals surface area contributed by atoms with Gasteiger partial charge in [0.1, 0.15) is 5.82 Å². The SMILES string of the molecule is c1ccc2nc(N3CCN(c4nccs4)CC3)ccc2c1. The van der Waals surface area contributed by atoms with E-state index in [0.29, 0.717) is 0 Å². The maximum Gasteiger partial charge on any atom is 0.185 e. The molecule has 106 valence electrons. The van der Waals surface area contributed by atoms with Crippen molar-refractivity contribution in [2.45, 2.75) is 0 Å². The molecule has 1 aliphatic heterocycles. The van der Waals surface area contributed by atoms with Crippen molar-refractivity contribution in [1.82, 2.24) is 9.97 Å². The van der Waals surface area contributed by atoms with Crippen molar-refractivity contribution in [3.8, 4) is 0 Å². The number of hydrogen-bond donors (Lipinski definition) is 0. The van der Waals surface area contributed by atoms with Crippen molar-refractivity contribution >= 4 is 33.2 Å². The van der Waals surface area contributed by atoms with E-state index in [0.717, 1.165) is 42.6 Å². The van der Waals surface area contributed by atoms with Gasteiger partial charge in [0.15, 0.2) is 5.13 Å². The molecule has 1 aromatic carbocycles. The molecule has 3 aromatic rings. The van der Waals surface area contributed by atoms with Gasteiger partial charge in [0, 0.05) is 43.1 Å². The smallest absolute Gasteiger partial charge is 0.185 e. The molecule has 21 heavy (non-hydrogen) atoms. The minimum atomic E-state index is 0.991. The molecule has 4 nitrogen and oxygen atoms in total. The Labute approximate surface area is 127 Å².